The van der Waals surface area contributed by atoms with E-state index < -0.39 is 5.91 Å². The number of fused-ring (bicyclic) bond motifs is 2. The van der Waals surface area contributed by atoms with Crippen LogP contribution in [-0.4, -0.2) is 10.9 Å². The Morgan fingerprint density at radius 3 is 2.81 bits per heavy atom. The molecule has 0 aliphatic heterocycles. The third-order valence-corrected chi connectivity index (χ3v) is 5.38. The Morgan fingerprint density at radius 2 is 2.00 bits per heavy atom. The van der Waals surface area contributed by atoms with Crippen LogP contribution in [0.25, 0.3) is 21.2 Å². The van der Waals surface area contributed by atoms with Gasteiger partial charge < -0.3 is 4.42 Å². The average molecular weight is 405 g/mol. The monoisotopic (exact) mass is 404 g/mol. The summed E-state index contributed by atoms with van der Waals surface area (Å²) >= 11 is 13.3. The van der Waals surface area contributed by atoms with E-state index in [-0.39, 0.29) is 11.2 Å². The van der Waals surface area contributed by atoms with Gasteiger partial charge in [-0.25, -0.2) is 4.98 Å². The van der Waals surface area contributed by atoms with E-state index in [1.807, 2.05) is 0 Å². The summed E-state index contributed by atoms with van der Waals surface area (Å²) in [4.78, 5) is 29.1. The number of carbonyl (C=O) groups excluding carboxylic acids is 1. The van der Waals surface area contributed by atoms with Crippen LogP contribution < -0.4 is 10.7 Å². The highest BCUT2D eigenvalue weighted by molar-refractivity contribution is 7.22. The molecule has 0 aliphatic carbocycles. The lowest BCUT2D eigenvalue weighted by Gasteiger charge is -2.04. The number of hydrogen-bond acceptors (Lipinski definition) is 5. The van der Waals surface area contributed by atoms with Crippen molar-refractivity contribution in [3.8, 4) is 0 Å². The predicted octanol–water partition coefficient (Wildman–Crippen LogP) is 5.27. The molecule has 8 heteroatoms. The number of benzene rings is 2. The average Bonchev–Trinajstić information content (AvgIpc) is 2.97. The molecule has 1 N–H and O–H groups in total. The van der Waals surface area contributed by atoms with Crippen LogP contribution in [0.4, 0.5) is 5.13 Å². The molecule has 0 bridgehead atoms. The van der Waals surface area contributed by atoms with Crippen LogP contribution in [0.5, 0.6) is 0 Å². The van der Waals surface area contributed by atoms with Gasteiger partial charge in [-0.3, -0.25) is 14.9 Å². The summed E-state index contributed by atoms with van der Waals surface area (Å²) < 4.78 is 6.44. The highest BCUT2D eigenvalue weighted by Gasteiger charge is 2.15. The third kappa shape index (κ3) is 3.07. The van der Waals surface area contributed by atoms with Crippen molar-refractivity contribution in [1.82, 2.24) is 4.98 Å². The van der Waals surface area contributed by atoms with Gasteiger partial charge in [0.05, 0.1) is 15.6 Å². The number of thiazole rings is 1. The van der Waals surface area contributed by atoms with Crippen LogP contribution in [0.1, 0.15) is 16.1 Å². The number of halogens is 2. The summed E-state index contributed by atoms with van der Waals surface area (Å²) in [5.74, 6) is -0.650. The summed E-state index contributed by atoms with van der Waals surface area (Å²) in [5, 5.41) is 4.43. The SMILES string of the molecule is Cc1cc2oc(C(=O)Nc3nc4ccc(Cl)cc4s3)cc(=O)c2cc1Cl. The molecular weight excluding hydrogens is 395 g/mol. The Bertz CT molecular complexity index is 1250. The minimum Gasteiger partial charge on any atom is -0.451 e. The number of aryl methyl sites for hydroxylation is 1. The number of aromatic nitrogens is 1. The van der Waals surface area contributed by atoms with Gasteiger partial charge in [0.15, 0.2) is 16.3 Å². The Morgan fingerprint density at radius 1 is 1.19 bits per heavy atom. The lowest BCUT2D eigenvalue weighted by atomic mass is 10.1. The predicted molar refractivity (Wildman–Crippen MR) is 105 cm³/mol. The third-order valence-electron chi connectivity index (χ3n) is 3.80. The van der Waals surface area contributed by atoms with Gasteiger partial charge >= 0.3 is 0 Å². The van der Waals surface area contributed by atoms with Crippen molar-refractivity contribution in [2.75, 3.05) is 5.32 Å². The maximum absolute atomic E-state index is 12.5. The molecule has 0 aliphatic rings. The quantitative estimate of drug-likeness (QED) is 0.493. The Balaban J connectivity index is 1.71. The van der Waals surface area contributed by atoms with Gasteiger partial charge in [0.1, 0.15) is 5.58 Å². The van der Waals surface area contributed by atoms with Crippen molar-refractivity contribution >= 4 is 66.8 Å². The number of rotatable bonds is 2. The Hall–Kier alpha value is -2.41. The summed E-state index contributed by atoms with van der Waals surface area (Å²) in [6.45, 7) is 1.79. The van der Waals surface area contributed by atoms with E-state index in [4.69, 9.17) is 27.6 Å². The van der Waals surface area contributed by atoms with Gasteiger partial charge in [-0.2, -0.15) is 0 Å². The lowest BCUT2D eigenvalue weighted by Crippen LogP contribution is -2.14. The normalized spacial score (nSPS) is 11.2. The van der Waals surface area contributed by atoms with E-state index in [0.717, 1.165) is 21.8 Å². The number of amides is 1. The molecule has 130 valence electrons. The molecule has 4 rings (SSSR count). The molecule has 5 nitrogen and oxygen atoms in total. The second kappa shape index (κ2) is 6.39. The number of nitrogens with one attached hydrogen (secondary N) is 1. The summed E-state index contributed by atoms with van der Waals surface area (Å²) in [6, 6.07) is 9.59. The maximum atomic E-state index is 12.5. The van der Waals surface area contributed by atoms with E-state index in [2.05, 4.69) is 10.3 Å². The first kappa shape index (κ1) is 17.0. The van der Waals surface area contributed by atoms with E-state index in [9.17, 15) is 9.59 Å². The van der Waals surface area contributed by atoms with Crippen LogP contribution >= 0.6 is 34.5 Å². The van der Waals surface area contributed by atoms with Gasteiger partial charge in [0.25, 0.3) is 5.91 Å². The van der Waals surface area contributed by atoms with Crippen molar-refractivity contribution in [2.24, 2.45) is 0 Å². The number of anilines is 1. The largest absolute Gasteiger partial charge is 0.451 e. The van der Waals surface area contributed by atoms with Crippen molar-refractivity contribution < 1.29 is 9.21 Å². The van der Waals surface area contributed by atoms with E-state index in [1.54, 1.807) is 31.2 Å². The first-order chi connectivity index (χ1) is 12.4. The number of carbonyl (C=O) groups is 1. The molecule has 2 heterocycles. The summed E-state index contributed by atoms with van der Waals surface area (Å²) in [5.41, 5.74) is 1.44. The molecule has 1 amide bonds. The number of hydrogen-bond donors (Lipinski definition) is 1. The van der Waals surface area contributed by atoms with Crippen LogP contribution in [-0.2, 0) is 0 Å². The first-order valence-corrected chi connectivity index (χ1v) is 9.09. The van der Waals surface area contributed by atoms with Gasteiger partial charge in [-0.15, -0.1) is 0 Å². The van der Waals surface area contributed by atoms with Gasteiger partial charge in [0, 0.05) is 16.1 Å². The standard InChI is InChI=1S/C18H10Cl2N2O3S/c1-8-4-14-10(6-11(8)20)13(23)7-15(25-14)17(24)22-18-21-12-3-2-9(19)5-16(12)26-18/h2-7H,1H3,(H,21,22,24). The minimum atomic E-state index is -0.554. The van der Waals surface area contributed by atoms with Gasteiger partial charge in [-0.05, 0) is 42.8 Å². The molecule has 0 atom stereocenters. The van der Waals surface area contributed by atoms with Crippen LogP contribution in [0.3, 0.4) is 0 Å². The van der Waals surface area contributed by atoms with Crippen LogP contribution in [0.2, 0.25) is 10.0 Å². The molecule has 4 aromatic rings. The fourth-order valence-electron chi connectivity index (χ4n) is 2.50. The molecule has 0 radical (unpaired) electrons. The number of nitrogens with zero attached hydrogens (tertiary/aromatic N) is 1. The Labute approximate surface area is 161 Å². The van der Waals surface area contributed by atoms with E-state index in [0.29, 0.717) is 26.1 Å². The summed E-state index contributed by atoms with van der Waals surface area (Å²) in [6.07, 6.45) is 0. The second-order valence-corrected chi connectivity index (χ2v) is 7.53. The molecule has 0 saturated heterocycles. The molecule has 0 unspecified atom stereocenters. The zero-order valence-corrected chi connectivity index (χ0v) is 15.6. The first-order valence-electron chi connectivity index (χ1n) is 7.52. The molecule has 0 spiro atoms. The van der Waals surface area contributed by atoms with Crippen molar-refractivity contribution in [1.29, 1.82) is 0 Å². The van der Waals surface area contributed by atoms with Crippen LogP contribution in [0, 0.1) is 6.92 Å². The van der Waals surface area contributed by atoms with Gasteiger partial charge in [0.2, 0.25) is 0 Å². The van der Waals surface area contributed by atoms with E-state index >= 15 is 0 Å². The zero-order valence-electron chi connectivity index (χ0n) is 13.3. The molecule has 26 heavy (non-hydrogen) atoms. The topological polar surface area (TPSA) is 72.2 Å². The fraction of sp³-hybridized carbons (Fsp3) is 0.0556. The highest BCUT2D eigenvalue weighted by Crippen LogP contribution is 2.29. The van der Waals surface area contributed by atoms with Crippen molar-refractivity contribution in [2.45, 2.75) is 6.92 Å². The molecule has 2 aromatic carbocycles. The smallest absolute Gasteiger partial charge is 0.293 e. The molecule has 0 saturated carbocycles. The molecule has 0 fully saturated rings. The summed E-state index contributed by atoms with van der Waals surface area (Å²) in [7, 11) is 0. The fourth-order valence-corrected chi connectivity index (χ4v) is 3.80. The molecular formula is C18H10Cl2N2O3S. The van der Waals surface area contributed by atoms with E-state index in [1.165, 1.54) is 17.4 Å². The maximum Gasteiger partial charge on any atom is 0.293 e. The van der Waals surface area contributed by atoms with Crippen molar-refractivity contribution in [3.63, 3.8) is 0 Å². The second-order valence-electron chi connectivity index (χ2n) is 5.66. The lowest BCUT2D eigenvalue weighted by molar-refractivity contribution is 0.0997. The molecule has 2 aromatic heterocycles. The minimum absolute atomic E-state index is 0.0958. The van der Waals surface area contributed by atoms with Crippen molar-refractivity contribution in [3.05, 3.63) is 68.0 Å². The highest BCUT2D eigenvalue weighted by atomic mass is 35.5. The van der Waals surface area contributed by atoms with Gasteiger partial charge in [-0.1, -0.05) is 34.5 Å². The van der Waals surface area contributed by atoms with Crippen LogP contribution in [0.15, 0.2) is 45.6 Å². The zero-order chi connectivity index (χ0) is 18.4. The Kier molecular flexibility index (Phi) is 4.19.